The molecular weight excluding hydrogens is 288 g/mol. The Morgan fingerprint density at radius 3 is 3.14 bits per heavy atom. The predicted molar refractivity (Wildman–Crippen MR) is 82.9 cm³/mol. The van der Waals surface area contributed by atoms with Crippen molar-refractivity contribution in [2.75, 3.05) is 18.4 Å². The average molecular weight is 304 g/mol. The molecule has 2 atom stereocenters. The topological polar surface area (TPSA) is 71.3 Å². The molecule has 7 heteroatoms. The van der Waals surface area contributed by atoms with E-state index >= 15 is 0 Å². The molecule has 3 heterocycles. The molecule has 0 radical (unpaired) electrons. The Morgan fingerprint density at radius 1 is 1.38 bits per heavy atom. The molecule has 0 saturated carbocycles. The van der Waals surface area contributed by atoms with Crippen molar-refractivity contribution in [3.8, 4) is 0 Å². The highest BCUT2D eigenvalue weighted by Crippen LogP contribution is 2.37. The van der Waals surface area contributed by atoms with Gasteiger partial charge in [0.25, 0.3) is 0 Å². The van der Waals surface area contributed by atoms with Crippen LogP contribution in [0.4, 0.5) is 11.4 Å². The van der Waals surface area contributed by atoms with Crippen molar-refractivity contribution in [2.24, 2.45) is 0 Å². The Bertz CT molecular complexity index is 701. The van der Waals surface area contributed by atoms with Crippen molar-refractivity contribution in [1.82, 2.24) is 9.88 Å². The summed E-state index contributed by atoms with van der Waals surface area (Å²) in [6.07, 6.45) is 3.47. The van der Waals surface area contributed by atoms with Gasteiger partial charge >= 0.3 is 5.69 Å². The van der Waals surface area contributed by atoms with E-state index in [0.29, 0.717) is 23.3 Å². The number of fused-ring (bicyclic) bond motifs is 2. The van der Waals surface area contributed by atoms with Crippen LogP contribution < -0.4 is 5.32 Å². The van der Waals surface area contributed by atoms with Crippen molar-refractivity contribution in [3.63, 3.8) is 0 Å². The number of rotatable bonds is 3. The SMILES string of the molecule is O=[N+]([O-])c1c(NC2CCN3CCCC23)ccc2scnc12. The van der Waals surface area contributed by atoms with E-state index in [2.05, 4.69) is 15.2 Å². The molecule has 2 unspecified atom stereocenters. The molecule has 0 bridgehead atoms. The number of nitrogens with one attached hydrogen (secondary N) is 1. The molecule has 2 aromatic rings. The first-order valence-electron chi connectivity index (χ1n) is 7.25. The lowest BCUT2D eigenvalue weighted by Gasteiger charge is -2.22. The highest BCUT2D eigenvalue weighted by atomic mass is 32.1. The summed E-state index contributed by atoms with van der Waals surface area (Å²) < 4.78 is 0.862. The number of nitrogens with zero attached hydrogens (tertiary/aromatic N) is 3. The summed E-state index contributed by atoms with van der Waals surface area (Å²) in [4.78, 5) is 17.8. The first-order valence-corrected chi connectivity index (χ1v) is 8.13. The van der Waals surface area contributed by atoms with Crippen molar-refractivity contribution in [1.29, 1.82) is 0 Å². The minimum Gasteiger partial charge on any atom is -0.375 e. The molecule has 1 N–H and O–H groups in total. The third-order valence-electron chi connectivity index (χ3n) is 4.61. The largest absolute Gasteiger partial charge is 0.375 e. The van der Waals surface area contributed by atoms with E-state index in [1.54, 1.807) is 5.51 Å². The minimum atomic E-state index is -0.314. The minimum absolute atomic E-state index is 0.116. The van der Waals surface area contributed by atoms with Crippen molar-refractivity contribution in [3.05, 3.63) is 27.8 Å². The van der Waals surface area contributed by atoms with Crippen LogP contribution in [0.15, 0.2) is 17.6 Å². The van der Waals surface area contributed by atoms with Gasteiger partial charge in [0, 0.05) is 18.6 Å². The quantitative estimate of drug-likeness (QED) is 0.697. The molecule has 1 aromatic heterocycles. The lowest BCUT2D eigenvalue weighted by molar-refractivity contribution is -0.382. The highest BCUT2D eigenvalue weighted by Gasteiger charge is 2.38. The van der Waals surface area contributed by atoms with E-state index < -0.39 is 0 Å². The van der Waals surface area contributed by atoms with Crippen molar-refractivity contribution in [2.45, 2.75) is 31.3 Å². The predicted octanol–water partition coefficient (Wildman–Crippen LogP) is 2.85. The molecule has 2 aliphatic rings. The maximum Gasteiger partial charge on any atom is 0.319 e. The van der Waals surface area contributed by atoms with Gasteiger partial charge in [0.05, 0.1) is 15.1 Å². The van der Waals surface area contributed by atoms with Crippen LogP contribution in [0.3, 0.4) is 0 Å². The van der Waals surface area contributed by atoms with E-state index in [1.165, 1.54) is 24.2 Å². The van der Waals surface area contributed by atoms with Gasteiger partial charge in [-0.3, -0.25) is 15.0 Å². The van der Waals surface area contributed by atoms with Crippen LogP contribution in [0.25, 0.3) is 10.2 Å². The Kier molecular flexibility index (Phi) is 3.04. The van der Waals surface area contributed by atoms with Crippen LogP contribution in [0.5, 0.6) is 0 Å². The normalized spacial score (nSPS) is 25.3. The van der Waals surface area contributed by atoms with Gasteiger partial charge in [0.15, 0.2) is 5.52 Å². The van der Waals surface area contributed by atoms with Crippen LogP contribution in [-0.4, -0.2) is 40.0 Å². The number of benzene rings is 1. The Labute approximate surface area is 125 Å². The fourth-order valence-corrected chi connectivity index (χ4v) is 4.35. The summed E-state index contributed by atoms with van der Waals surface area (Å²) in [6.45, 7) is 2.26. The summed E-state index contributed by atoms with van der Waals surface area (Å²) >= 11 is 1.43. The zero-order valence-corrected chi connectivity index (χ0v) is 12.3. The van der Waals surface area contributed by atoms with Gasteiger partial charge in [-0.2, -0.15) is 0 Å². The summed E-state index contributed by atoms with van der Waals surface area (Å²) in [5.74, 6) is 0. The van der Waals surface area contributed by atoms with Crippen LogP contribution in [0.2, 0.25) is 0 Å². The summed E-state index contributed by atoms with van der Waals surface area (Å²) in [7, 11) is 0. The van der Waals surface area contributed by atoms with Gasteiger partial charge in [-0.05, 0) is 37.9 Å². The number of hydrogen-bond donors (Lipinski definition) is 1. The number of aromatic nitrogens is 1. The third-order valence-corrected chi connectivity index (χ3v) is 5.40. The number of hydrogen-bond acceptors (Lipinski definition) is 6. The van der Waals surface area contributed by atoms with Gasteiger partial charge < -0.3 is 5.32 Å². The molecule has 110 valence electrons. The van der Waals surface area contributed by atoms with Crippen LogP contribution >= 0.6 is 11.3 Å². The number of nitro benzene ring substituents is 1. The molecule has 0 amide bonds. The molecule has 0 spiro atoms. The van der Waals surface area contributed by atoms with E-state index in [9.17, 15) is 10.1 Å². The maximum absolute atomic E-state index is 11.5. The van der Waals surface area contributed by atoms with Gasteiger partial charge in [-0.1, -0.05) is 0 Å². The molecule has 4 rings (SSSR count). The zero-order valence-electron chi connectivity index (χ0n) is 11.5. The number of thiazole rings is 1. The first-order chi connectivity index (χ1) is 10.2. The molecule has 6 nitrogen and oxygen atoms in total. The number of anilines is 1. The van der Waals surface area contributed by atoms with Crippen molar-refractivity contribution >= 4 is 32.9 Å². The summed E-state index contributed by atoms with van der Waals surface area (Å²) in [5.41, 5.74) is 2.88. The first kappa shape index (κ1) is 13.0. The molecule has 0 aliphatic carbocycles. The van der Waals surface area contributed by atoms with Gasteiger partial charge in [-0.15, -0.1) is 11.3 Å². The smallest absolute Gasteiger partial charge is 0.319 e. The standard InChI is InChI=1S/C14H16N4O2S/c19-18(20)14-10(3-4-12-13(14)15-8-21-12)16-9-5-7-17-6-1-2-11(9)17/h3-4,8-9,11,16H,1-2,5-7H2. The molecule has 2 fully saturated rings. The van der Waals surface area contributed by atoms with E-state index in [4.69, 9.17) is 0 Å². The Hall–Kier alpha value is -1.73. The Morgan fingerprint density at radius 2 is 2.29 bits per heavy atom. The summed E-state index contributed by atoms with van der Waals surface area (Å²) in [6, 6.07) is 4.58. The molecule has 2 aliphatic heterocycles. The zero-order chi connectivity index (χ0) is 14.4. The Balaban J connectivity index is 1.70. The van der Waals surface area contributed by atoms with Gasteiger partial charge in [0.2, 0.25) is 0 Å². The van der Waals surface area contributed by atoms with Gasteiger partial charge in [-0.25, -0.2) is 4.98 Å². The molecule has 21 heavy (non-hydrogen) atoms. The van der Waals surface area contributed by atoms with E-state index in [1.807, 2.05) is 12.1 Å². The average Bonchev–Trinajstić information content (AvgIpc) is 3.15. The summed E-state index contributed by atoms with van der Waals surface area (Å²) in [5, 5.41) is 14.9. The van der Waals surface area contributed by atoms with Gasteiger partial charge in [0.1, 0.15) is 5.69 Å². The lowest BCUT2D eigenvalue weighted by atomic mass is 10.1. The second kappa shape index (κ2) is 4.92. The maximum atomic E-state index is 11.5. The monoisotopic (exact) mass is 304 g/mol. The van der Waals surface area contributed by atoms with Crippen molar-refractivity contribution < 1.29 is 4.92 Å². The second-order valence-electron chi connectivity index (χ2n) is 5.70. The second-order valence-corrected chi connectivity index (χ2v) is 6.59. The lowest BCUT2D eigenvalue weighted by Crippen LogP contribution is -2.33. The molecule has 1 aromatic carbocycles. The third kappa shape index (κ3) is 2.08. The van der Waals surface area contributed by atoms with Crippen LogP contribution in [0, 0.1) is 10.1 Å². The molecule has 2 saturated heterocycles. The number of nitro groups is 1. The highest BCUT2D eigenvalue weighted by molar-refractivity contribution is 7.16. The van der Waals surface area contributed by atoms with E-state index in [0.717, 1.165) is 24.2 Å². The fraction of sp³-hybridized carbons (Fsp3) is 0.500. The fourth-order valence-electron chi connectivity index (χ4n) is 3.67. The van der Waals surface area contributed by atoms with Crippen LogP contribution in [-0.2, 0) is 0 Å². The van der Waals surface area contributed by atoms with E-state index in [-0.39, 0.29) is 10.6 Å². The molecular formula is C14H16N4O2S. The van der Waals surface area contributed by atoms with Crippen LogP contribution in [0.1, 0.15) is 19.3 Å².